The molecular formula is C19H21FN6O. The Kier molecular flexibility index (Phi) is 4.35. The van der Waals surface area contributed by atoms with E-state index in [0.29, 0.717) is 18.6 Å². The first-order valence-corrected chi connectivity index (χ1v) is 8.88. The molecule has 140 valence electrons. The molecule has 4 rings (SSSR count). The first-order chi connectivity index (χ1) is 12.9. The molecule has 1 fully saturated rings. The van der Waals surface area contributed by atoms with E-state index in [9.17, 15) is 9.18 Å². The van der Waals surface area contributed by atoms with E-state index < -0.39 is 11.6 Å². The Balaban J connectivity index is 1.58. The summed E-state index contributed by atoms with van der Waals surface area (Å²) in [5.74, 6) is -0.389. The topological polar surface area (TPSA) is 75.9 Å². The van der Waals surface area contributed by atoms with Gasteiger partial charge in [0.15, 0.2) is 11.5 Å². The van der Waals surface area contributed by atoms with Gasteiger partial charge < -0.3 is 10.2 Å². The summed E-state index contributed by atoms with van der Waals surface area (Å²) < 4.78 is 16.7. The van der Waals surface area contributed by atoms with Crippen molar-refractivity contribution >= 4 is 22.6 Å². The van der Waals surface area contributed by atoms with Crippen molar-refractivity contribution in [2.75, 3.05) is 25.5 Å². The number of fused-ring (bicyclic) bond motifs is 1. The molecule has 1 N–H and O–H groups in total. The molecule has 1 aromatic carbocycles. The van der Waals surface area contributed by atoms with Crippen molar-refractivity contribution in [1.29, 1.82) is 0 Å². The van der Waals surface area contributed by atoms with Crippen LogP contribution in [0.2, 0.25) is 0 Å². The van der Waals surface area contributed by atoms with Crippen LogP contribution in [0.3, 0.4) is 0 Å². The quantitative estimate of drug-likeness (QED) is 0.768. The molecule has 0 spiro atoms. The van der Waals surface area contributed by atoms with Crippen LogP contribution in [-0.4, -0.2) is 56.6 Å². The normalized spacial score (nSPS) is 17.1. The molecule has 3 aromatic rings. The van der Waals surface area contributed by atoms with Crippen LogP contribution in [0.15, 0.2) is 36.7 Å². The van der Waals surface area contributed by atoms with Crippen LogP contribution in [0.1, 0.15) is 12.8 Å². The molecule has 0 unspecified atom stereocenters. The van der Waals surface area contributed by atoms with E-state index in [-0.39, 0.29) is 18.7 Å². The third kappa shape index (κ3) is 3.52. The number of halogens is 1. The minimum atomic E-state index is -1.86. The molecule has 0 saturated carbocycles. The van der Waals surface area contributed by atoms with E-state index >= 15 is 0 Å². The maximum atomic E-state index is 14.9. The molecule has 1 amide bonds. The number of anilines is 1. The van der Waals surface area contributed by atoms with Crippen LogP contribution in [0.4, 0.5) is 10.2 Å². The number of aryl methyl sites for hydroxylation is 1. The van der Waals surface area contributed by atoms with Gasteiger partial charge in [-0.2, -0.15) is 5.10 Å². The number of nitrogens with zero attached hydrogens (tertiary/aromatic N) is 5. The van der Waals surface area contributed by atoms with Gasteiger partial charge in [0.2, 0.25) is 0 Å². The number of amides is 1. The maximum Gasteiger partial charge on any atom is 0.263 e. The number of hydrogen-bond acceptors (Lipinski definition) is 5. The third-order valence-electron chi connectivity index (χ3n) is 5.05. The van der Waals surface area contributed by atoms with Gasteiger partial charge in [-0.15, -0.1) is 10.2 Å². The zero-order chi connectivity index (χ0) is 19.0. The molecule has 3 heterocycles. The average Bonchev–Trinajstić information content (AvgIpc) is 3.10. The van der Waals surface area contributed by atoms with E-state index in [1.165, 1.54) is 0 Å². The van der Waals surface area contributed by atoms with Gasteiger partial charge in [-0.3, -0.25) is 9.48 Å². The zero-order valence-electron chi connectivity index (χ0n) is 15.3. The summed E-state index contributed by atoms with van der Waals surface area (Å²) in [4.78, 5) is 14.5. The smallest absolute Gasteiger partial charge is 0.263 e. The third-order valence-corrected chi connectivity index (χ3v) is 5.05. The van der Waals surface area contributed by atoms with Crippen molar-refractivity contribution in [1.82, 2.24) is 24.9 Å². The van der Waals surface area contributed by atoms with Gasteiger partial charge in [-0.25, -0.2) is 4.39 Å². The highest BCUT2D eigenvalue weighted by Gasteiger charge is 2.41. The molecule has 1 saturated heterocycles. The molecule has 1 aliphatic rings. The lowest BCUT2D eigenvalue weighted by atomic mass is 9.92. The Morgan fingerprint density at radius 2 is 1.93 bits per heavy atom. The van der Waals surface area contributed by atoms with E-state index in [1.807, 2.05) is 43.4 Å². The van der Waals surface area contributed by atoms with Gasteiger partial charge in [-0.05, 0) is 30.8 Å². The number of aromatic nitrogens is 4. The summed E-state index contributed by atoms with van der Waals surface area (Å²) in [6.07, 6.45) is 4.07. The van der Waals surface area contributed by atoms with Crippen LogP contribution in [0.25, 0.3) is 22.0 Å². The number of alkyl halides is 1. The number of carbonyl (C=O) groups is 1. The Bertz CT molecular complexity index is 993. The monoisotopic (exact) mass is 368 g/mol. The van der Waals surface area contributed by atoms with Crippen LogP contribution in [-0.2, 0) is 11.8 Å². The number of nitrogens with one attached hydrogen (secondary N) is 1. The zero-order valence-corrected chi connectivity index (χ0v) is 15.3. The van der Waals surface area contributed by atoms with Crippen molar-refractivity contribution in [3.63, 3.8) is 0 Å². The lowest BCUT2D eigenvalue weighted by molar-refractivity contribution is -0.130. The molecule has 8 heteroatoms. The standard InChI is InChI=1S/C19H21FN6O/c1-25-7-5-19(20,6-8-25)18(27)22-17-10-14-9-13(3-4-16(14)23-24-17)15-11-21-26(2)12-15/h3-4,9-12H,5-8H2,1-2H3,(H,22,24,27). The van der Waals surface area contributed by atoms with Gasteiger partial charge in [0.05, 0.1) is 11.7 Å². The highest BCUT2D eigenvalue weighted by Crippen LogP contribution is 2.28. The molecular weight excluding hydrogens is 347 g/mol. The van der Waals surface area contributed by atoms with Crippen LogP contribution in [0, 0.1) is 0 Å². The fourth-order valence-corrected chi connectivity index (χ4v) is 3.28. The number of benzene rings is 1. The van der Waals surface area contributed by atoms with Crippen molar-refractivity contribution in [3.05, 3.63) is 36.7 Å². The van der Waals surface area contributed by atoms with E-state index in [0.717, 1.165) is 16.5 Å². The fraction of sp³-hybridized carbons (Fsp3) is 0.368. The maximum absolute atomic E-state index is 14.9. The van der Waals surface area contributed by atoms with Crippen molar-refractivity contribution in [3.8, 4) is 11.1 Å². The van der Waals surface area contributed by atoms with Crippen LogP contribution in [0.5, 0.6) is 0 Å². The number of likely N-dealkylation sites (tertiary alicyclic amines) is 1. The second-order valence-corrected chi connectivity index (χ2v) is 7.13. The summed E-state index contributed by atoms with van der Waals surface area (Å²) >= 11 is 0. The number of piperidine rings is 1. The van der Waals surface area contributed by atoms with Crippen molar-refractivity contribution < 1.29 is 9.18 Å². The van der Waals surface area contributed by atoms with Crippen LogP contribution < -0.4 is 5.32 Å². The molecule has 2 aromatic heterocycles. The number of carbonyl (C=O) groups excluding carboxylic acids is 1. The largest absolute Gasteiger partial charge is 0.306 e. The summed E-state index contributed by atoms with van der Waals surface area (Å²) in [5.41, 5.74) is 0.810. The molecule has 0 bridgehead atoms. The molecule has 7 nitrogen and oxygen atoms in total. The Morgan fingerprint density at radius 3 is 2.63 bits per heavy atom. The summed E-state index contributed by atoms with van der Waals surface area (Å²) in [6, 6.07) is 7.49. The highest BCUT2D eigenvalue weighted by molar-refractivity contribution is 5.98. The molecule has 0 radical (unpaired) electrons. The second kappa shape index (κ2) is 6.70. The molecule has 1 aliphatic heterocycles. The average molecular weight is 368 g/mol. The summed E-state index contributed by atoms with van der Waals surface area (Å²) in [6.45, 7) is 1.11. The predicted octanol–water partition coefficient (Wildman–Crippen LogP) is 2.40. The van der Waals surface area contributed by atoms with Crippen molar-refractivity contribution in [2.45, 2.75) is 18.5 Å². The SMILES string of the molecule is CN1CCC(F)(C(=O)Nc2cc3cc(-c4cnn(C)c4)ccc3nn2)CC1. The summed E-state index contributed by atoms with van der Waals surface area (Å²) in [7, 11) is 3.78. The van der Waals surface area contributed by atoms with E-state index in [2.05, 4.69) is 20.6 Å². The lowest BCUT2D eigenvalue weighted by Crippen LogP contribution is -2.47. The van der Waals surface area contributed by atoms with Crippen molar-refractivity contribution in [2.24, 2.45) is 7.05 Å². The Hall–Kier alpha value is -2.87. The van der Waals surface area contributed by atoms with E-state index in [1.54, 1.807) is 16.9 Å². The summed E-state index contributed by atoms with van der Waals surface area (Å²) in [5, 5.41) is 15.8. The second-order valence-electron chi connectivity index (χ2n) is 7.13. The predicted molar refractivity (Wildman–Crippen MR) is 101 cm³/mol. The first-order valence-electron chi connectivity index (χ1n) is 8.88. The van der Waals surface area contributed by atoms with Crippen LogP contribution >= 0.6 is 0 Å². The van der Waals surface area contributed by atoms with E-state index in [4.69, 9.17) is 0 Å². The lowest BCUT2D eigenvalue weighted by Gasteiger charge is -2.33. The van der Waals surface area contributed by atoms with Gasteiger partial charge >= 0.3 is 0 Å². The Labute approximate surface area is 156 Å². The minimum Gasteiger partial charge on any atom is -0.306 e. The first kappa shape index (κ1) is 17.5. The van der Waals surface area contributed by atoms with Gasteiger partial charge in [0.1, 0.15) is 0 Å². The van der Waals surface area contributed by atoms with Gasteiger partial charge in [0.25, 0.3) is 5.91 Å². The molecule has 0 atom stereocenters. The number of rotatable bonds is 3. The Morgan fingerprint density at radius 1 is 1.15 bits per heavy atom. The fourth-order valence-electron chi connectivity index (χ4n) is 3.28. The molecule has 27 heavy (non-hydrogen) atoms. The minimum absolute atomic E-state index is 0.182. The van der Waals surface area contributed by atoms with Gasteiger partial charge in [0, 0.05) is 50.1 Å². The van der Waals surface area contributed by atoms with Gasteiger partial charge in [-0.1, -0.05) is 6.07 Å². The molecule has 0 aliphatic carbocycles. The number of hydrogen-bond donors (Lipinski definition) is 1. The highest BCUT2D eigenvalue weighted by atomic mass is 19.1.